The first-order chi connectivity index (χ1) is 14.7. The van der Waals surface area contributed by atoms with Gasteiger partial charge in [-0.2, -0.15) is 0 Å². The topological polar surface area (TPSA) is 74.9 Å². The van der Waals surface area contributed by atoms with Crippen LogP contribution in [0.1, 0.15) is 23.7 Å². The molecule has 2 aromatic carbocycles. The quantitative estimate of drug-likeness (QED) is 0.647. The van der Waals surface area contributed by atoms with E-state index in [1.165, 1.54) is 0 Å². The Morgan fingerprint density at radius 2 is 1.93 bits per heavy atom. The lowest BCUT2D eigenvalue weighted by atomic mass is 10.1. The van der Waals surface area contributed by atoms with E-state index in [0.717, 1.165) is 42.1 Å². The molecule has 1 amide bonds. The molecule has 1 fully saturated rings. The van der Waals surface area contributed by atoms with Crippen LogP contribution in [0.25, 0.3) is 0 Å². The van der Waals surface area contributed by atoms with Gasteiger partial charge in [-0.1, -0.05) is 36.4 Å². The average Bonchev–Trinajstić information content (AvgIpc) is 3.21. The minimum Gasteiger partial charge on any atom is -0.496 e. The first-order valence-electron chi connectivity index (χ1n) is 10.5. The van der Waals surface area contributed by atoms with Crippen LogP contribution in [0, 0.1) is 5.92 Å². The predicted molar refractivity (Wildman–Crippen MR) is 115 cm³/mol. The summed E-state index contributed by atoms with van der Waals surface area (Å²) in [7, 11) is 1.67. The molecular weight excluding hydrogens is 380 g/mol. The summed E-state index contributed by atoms with van der Waals surface area (Å²) in [5.41, 5.74) is 8.33. The molecule has 7 heteroatoms. The van der Waals surface area contributed by atoms with Crippen molar-refractivity contribution in [2.75, 3.05) is 39.8 Å². The molecule has 2 aliphatic rings. The largest absolute Gasteiger partial charge is 0.496 e. The molecule has 1 atom stereocenters. The number of methoxy groups -OCH3 is 1. The first kappa shape index (κ1) is 20.7. The lowest BCUT2D eigenvalue weighted by molar-refractivity contribution is -0.122. The number of ether oxygens (including phenoxy) is 2. The molecule has 3 N–H and O–H groups in total. The van der Waals surface area contributed by atoms with E-state index in [9.17, 15) is 4.79 Å². The fourth-order valence-electron chi connectivity index (χ4n) is 4.08. The van der Waals surface area contributed by atoms with E-state index in [-0.39, 0.29) is 12.0 Å². The highest BCUT2D eigenvalue weighted by molar-refractivity contribution is 5.78. The Hall–Kier alpha value is -2.61. The number of hydrazine groups is 1. The van der Waals surface area contributed by atoms with Gasteiger partial charge in [0, 0.05) is 43.9 Å². The molecule has 2 aliphatic heterocycles. The van der Waals surface area contributed by atoms with Crippen molar-refractivity contribution in [2.45, 2.75) is 19.1 Å². The van der Waals surface area contributed by atoms with Crippen LogP contribution in [0.5, 0.6) is 11.5 Å². The third-order valence-electron chi connectivity index (χ3n) is 5.69. The summed E-state index contributed by atoms with van der Waals surface area (Å²) in [6, 6.07) is 15.9. The van der Waals surface area contributed by atoms with Gasteiger partial charge in [-0.25, -0.2) is 0 Å². The second kappa shape index (κ2) is 9.93. The van der Waals surface area contributed by atoms with Gasteiger partial charge >= 0.3 is 0 Å². The monoisotopic (exact) mass is 410 g/mol. The van der Waals surface area contributed by atoms with Crippen LogP contribution in [-0.4, -0.2) is 50.6 Å². The maximum absolute atomic E-state index is 12.6. The van der Waals surface area contributed by atoms with Crippen molar-refractivity contribution >= 4 is 5.91 Å². The Morgan fingerprint density at radius 1 is 1.17 bits per heavy atom. The van der Waals surface area contributed by atoms with E-state index < -0.39 is 0 Å². The molecule has 0 spiro atoms. The van der Waals surface area contributed by atoms with Crippen molar-refractivity contribution in [1.82, 2.24) is 21.1 Å². The predicted octanol–water partition coefficient (Wildman–Crippen LogP) is 1.86. The number of benzene rings is 2. The lowest BCUT2D eigenvalue weighted by Crippen LogP contribution is -2.39. The summed E-state index contributed by atoms with van der Waals surface area (Å²) in [5, 5.41) is 3.08. The number of hydrogen-bond donors (Lipinski definition) is 3. The maximum atomic E-state index is 12.6. The van der Waals surface area contributed by atoms with Gasteiger partial charge in [0.15, 0.2) is 0 Å². The third-order valence-corrected chi connectivity index (χ3v) is 5.69. The van der Waals surface area contributed by atoms with Gasteiger partial charge in [0.1, 0.15) is 17.6 Å². The number of rotatable bonds is 7. The summed E-state index contributed by atoms with van der Waals surface area (Å²) in [6.07, 6.45) is 0.759. The van der Waals surface area contributed by atoms with Gasteiger partial charge < -0.3 is 14.8 Å². The number of carbonyl (C=O) groups excluding carboxylic acids is 1. The normalized spacial score (nSPS) is 19.6. The van der Waals surface area contributed by atoms with Gasteiger partial charge in [-0.05, 0) is 24.5 Å². The Kier molecular flexibility index (Phi) is 6.84. The zero-order chi connectivity index (χ0) is 20.8. The molecule has 4 rings (SSSR count). The van der Waals surface area contributed by atoms with Crippen molar-refractivity contribution < 1.29 is 14.3 Å². The van der Waals surface area contributed by atoms with Crippen LogP contribution in [0.2, 0.25) is 0 Å². The highest BCUT2D eigenvalue weighted by Crippen LogP contribution is 2.34. The minimum atomic E-state index is -0.215. The summed E-state index contributed by atoms with van der Waals surface area (Å²) in [6.45, 7) is 4.23. The second-order valence-corrected chi connectivity index (χ2v) is 7.89. The molecule has 0 aliphatic carbocycles. The van der Waals surface area contributed by atoms with Crippen molar-refractivity contribution in [2.24, 2.45) is 5.92 Å². The van der Waals surface area contributed by atoms with Crippen LogP contribution < -0.4 is 25.6 Å². The SMILES string of the molecule is COc1ccccc1C1CN(CC(=O)NCCC2CNNC2)Cc2ccccc2O1. The molecule has 2 heterocycles. The van der Waals surface area contributed by atoms with Crippen molar-refractivity contribution in [1.29, 1.82) is 0 Å². The number of fused-ring (bicyclic) bond motifs is 1. The number of amides is 1. The molecule has 160 valence electrons. The van der Waals surface area contributed by atoms with Crippen LogP contribution >= 0.6 is 0 Å². The van der Waals surface area contributed by atoms with Crippen molar-refractivity contribution in [3.05, 3.63) is 59.7 Å². The summed E-state index contributed by atoms with van der Waals surface area (Å²) >= 11 is 0. The second-order valence-electron chi connectivity index (χ2n) is 7.89. The van der Waals surface area contributed by atoms with E-state index in [2.05, 4.69) is 27.1 Å². The van der Waals surface area contributed by atoms with Crippen molar-refractivity contribution in [3.63, 3.8) is 0 Å². The molecule has 0 saturated carbocycles. The highest BCUT2D eigenvalue weighted by Gasteiger charge is 2.27. The van der Waals surface area contributed by atoms with Crippen LogP contribution in [0.15, 0.2) is 48.5 Å². The van der Waals surface area contributed by atoms with E-state index in [1.54, 1.807) is 7.11 Å². The Bertz CT molecular complexity index is 854. The smallest absolute Gasteiger partial charge is 0.234 e. The van der Waals surface area contributed by atoms with Crippen LogP contribution in [-0.2, 0) is 11.3 Å². The number of para-hydroxylation sites is 2. The fourth-order valence-corrected chi connectivity index (χ4v) is 4.08. The number of nitrogens with one attached hydrogen (secondary N) is 3. The number of nitrogens with zero attached hydrogens (tertiary/aromatic N) is 1. The number of hydrogen-bond acceptors (Lipinski definition) is 6. The number of carbonyl (C=O) groups is 1. The molecule has 1 saturated heterocycles. The highest BCUT2D eigenvalue weighted by atomic mass is 16.5. The summed E-state index contributed by atoms with van der Waals surface area (Å²) < 4.78 is 11.9. The van der Waals surface area contributed by atoms with Crippen LogP contribution in [0.3, 0.4) is 0 Å². The zero-order valence-electron chi connectivity index (χ0n) is 17.4. The van der Waals surface area contributed by atoms with Gasteiger partial charge in [-0.15, -0.1) is 0 Å². The Balaban J connectivity index is 1.44. The Labute approximate surface area is 177 Å². The minimum absolute atomic E-state index is 0.0482. The molecule has 30 heavy (non-hydrogen) atoms. The molecule has 0 radical (unpaired) electrons. The molecule has 7 nitrogen and oxygen atoms in total. The lowest BCUT2D eigenvalue weighted by Gasteiger charge is -2.25. The average molecular weight is 411 g/mol. The third kappa shape index (κ3) is 5.11. The fraction of sp³-hybridized carbons (Fsp3) is 0.435. The van der Waals surface area contributed by atoms with Crippen LogP contribution in [0.4, 0.5) is 0 Å². The van der Waals surface area contributed by atoms with Gasteiger partial charge in [-0.3, -0.25) is 20.5 Å². The molecule has 0 aromatic heterocycles. The van der Waals surface area contributed by atoms with E-state index in [4.69, 9.17) is 9.47 Å². The first-order valence-corrected chi connectivity index (χ1v) is 10.5. The maximum Gasteiger partial charge on any atom is 0.234 e. The molecule has 1 unspecified atom stereocenters. The summed E-state index contributed by atoms with van der Waals surface area (Å²) in [5.74, 6) is 2.27. The molecule has 2 aromatic rings. The zero-order valence-corrected chi connectivity index (χ0v) is 17.4. The molecule has 0 bridgehead atoms. The van der Waals surface area contributed by atoms with Gasteiger partial charge in [0.05, 0.1) is 13.7 Å². The standard InChI is InChI=1S/C23H30N4O3/c1-29-21-9-5-3-7-19(21)22-15-27(14-18-6-2-4-8-20(18)30-22)16-23(28)24-11-10-17-12-25-26-13-17/h2-9,17,22,25-26H,10-16H2,1H3,(H,24,28). The van der Waals surface area contributed by atoms with Gasteiger partial charge in [0.25, 0.3) is 0 Å². The Morgan fingerprint density at radius 3 is 2.77 bits per heavy atom. The molecular formula is C23H30N4O3. The summed E-state index contributed by atoms with van der Waals surface area (Å²) in [4.78, 5) is 14.8. The van der Waals surface area contributed by atoms with Crippen molar-refractivity contribution in [3.8, 4) is 11.5 Å². The van der Waals surface area contributed by atoms with E-state index >= 15 is 0 Å². The van der Waals surface area contributed by atoms with E-state index in [1.807, 2.05) is 42.5 Å². The van der Waals surface area contributed by atoms with E-state index in [0.29, 0.717) is 32.1 Å². The van der Waals surface area contributed by atoms with Gasteiger partial charge in [0.2, 0.25) is 5.91 Å².